The summed E-state index contributed by atoms with van der Waals surface area (Å²) in [6.07, 6.45) is 0.105. The fourth-order valence-corrected chi connectivity index (χ4v) is 6.43. The number of hydrogen-bond acceptors (Lipinski definition) is 5. The van der Waals surface area contributed by atoms with Gasteiger partial charge in [-0.05, 0) is 43.5 Å². The highest BCUT2D eigenvalue weighted by Gasteiger charge is 2.56. The lowest BCUT2D eigenvalue weighted by Gasteiger charge is -2.47. The molecule has 2 aromatic rings. The maximum atomic E-state index is 13.9. The van der Waals surface area contributed by atoms with E-state index in [9.17, 15) is 17.6 Å². The van der Waals surface area contributed by atoms with Gasteiger partial charge in [-0.1, -0.05) is 36.4 Å². The van der Waals surface area contributed by atoms with Crippen molar-refractivity contribution in [2.45, 2.75) is 38.0 Å². The summed E-state index contributed by atoms with van der Waals surface area (Å²) in [6.45, 7) is 2.25. The molecule has 1 amide bonds. The Morgan fingerprint density at radius 2 is 1.94 bits per heavy atom. The monoisotopic (exact) mass is 460 g/mol. The molecule has 2 aliphatic rings. The number of methoxy groups -OCH3 is 1. The molecule has 0 aliphatic carbocycles. The number of amides is 1. The molecule has 2 aliphatic heterocycles. The largest absolute Gasteiger partial charge is 0.498 e. The molecule has 0 saturated carbocycles. The molecule has 0 N–H and O–H groups in total. The number of anilines is 1. The number of ether oxygens (including phenoxy) is 2. The molecule has 32 heavy (non-hydrogen) atoms. The number of nitrogens with zero attached hydrogens (tertiary/aromatic N) is 2. The topological polar surface area (TPSA) is 76.2 Å². The van der Waals surface area contributed by atoms with E-state index in [4.69, 9.17) is 9.47 Å². The predicted octanol–water partition coefficient (Wildman–Crippen LogP) is 4.02. The van der Waals surface area contributed by atoms with Crippen LogP contribution in [0.5, 0.6) is 0 Å². The van der Waals surface area contributed by atoms with Crippen LogP contribution >= 0.6 is 0 Å². The Bertz CT molecular complexity index is 1140. The van der Waals surface area contributed by atoms with Gasteiger partial charge in [0, 0.05) is 12.6 Å². The van der Waals surface area contributed by atoms with Crippen molar-refractivity contribution in [3.05, 3.63) is 77.1 Å². The van der Waals surface area contributed by atoms with Gasteiger partial charge < -0.3 is 14.4 Å². The van der Waals surface area contributed by atoms with Crippen LogP contribution in [-0.4, -0.2) is 44.6 Å². The lowest BCUT2D eigenvalue weighted by molar-refractivity contribution is 0.0538. The van der Waals surface area contributed by atoms with E-state index < -0.39 is 27.5 Å². The molecule has 9 heteroatoms. The molecule has 1 spiro atoms. The maximum Gasteiger partial charge on any atom is 0.410 e. The molecule has 0 bridgehead atoms. The van der Waals surface area contributed by atoms with Gasteiger partial charge in [0.25, 0.3) is 10.0 Å². The van der Waals surface area contributed by atoms with E-state index in [1.807, 2.05) is 37.3 Å². The van der Waals surface area contributed by atoms with Gasteiger partial charge in [0.1, 0.15) is 23.7 Å². The van der Waals surface area contributed by atoms with Crippen molar-refractivity contribution in [3.63, 3.8) is 0 Å². The summed E-state index contributed by atoms with van der Waals surface area (Å²) in [5, 5.41) is 1.09. The number of halogens is 1. The van der Waals surface area contributed by atoms with E-state index in [1.54, 1.807) is 11.0 Å². The van der Waals surface area contributed by atoms with Gasteiger partial charge in [-0.2, -0.15) is 0 Å². The Hall–Kier alpha value is -3.07. The second-order valence-electron chi connectivity index (χ2n) is 8.04. The molecule has 7 nitrogen and oxygen atoms in total. The highest BCUT2D eigenvalue weighted by atomic mass is 32.2. The average molecular weight is 461 g/mol. The van der Waals surface area contributed by atoms with Crippen molar-refractivity contribution in [2.75, 3.05) is 18.0 Å². The van der Waals surface area contributed by atoms with Gasteiger partial charge >= 0.3 is 6.09 Å². The number of piperidine rings is 1. The van der Waals surface area contributed by atoms with E-state index in [0.29, 0.717) is 0 Å². The zero-order valence-electron chi connectivity index (χ0n) is 17.9. The van der Waals surface area contributed by atoms with E-state index in [0.717, 1.165) is 11.0 Å². The Morgan fingerprint density at radius 1 is 1.19 bits per heavy atom. The second kappa shape index (κ2) is 8.46. The first-order chi connectivity index (χ1) is 15.3. The normalized spacial score (nSPS) is 24.3. The Morgan fingerprint density at radius 3 is 2.59 bits per heavy atom. The Kier molecular flexibility index (Phi) is 5.85. The van der Waals surface area contributed by atoms with Crippen molar-refractivity contribution >= 4 is 21.8 Å². The van der Waals surface area contributed by atoms with E-state index in [2.05, 4.69) is 0 Å². The molecule has 4 rings (SSSR count). The minimum absolute atomic E-state index is 0.154. The van der Waals surface area contributed by atoms with Crippen LogP contribution in [0.15, 0.2) is 65.8 Å². The standard InChI is InChI=1S/C23H25FN2O5S/c1-17-14-23(11-12-25(17)22(27)31-15-18-7-4-3-5-8-18)21(30-2)16-32(28,29)26(23)20-10-6-9-19(24)13-20/h3-10,13,16-17H,11-12,14-15H2,1-2H3/t17-,23+/m0/s1. The third kappa shape index (κ3) is 3.92. The van der Waals surface area contributed by atoms with E-state index >= 15 is 0 Å². The third-order valence-corrected chi connectivity index (χ3v) is 7.57. The van der Waals surface area contributed by atoms with Crippen LogP contribution in [0, 0.1) is 5.82 Å². The Balaban J connectivity index is 1.58. The lowest BCUT2D eigenvalue weighted by atomic mass is 9.82. The summed E-state index contributed by atoms with van der Waals surface area (Å²) < 4.78 is 52.2. The molecule has 1 saturated heterocycles. The number of carbonyl (C=O) groups excluding carboxylic acids is 1. The van der Waals surface area contributed by atoms with E-state index in [-0.39, 0.29) is 43.5 Å². The number of rotatable bonds is 4. The van der Waals surface area contributed by atoms with Gasteiger partial charge in [-0.15, -0.1) is 0 Å². The van der Waals surface area contributed by atoms with Crippen LogP contribution < -0.4 is 4.31 Å². The fourth-order valence-electron chi connectivity index (χ4n) is 4.58. The van der Waals surface area contributed by atoms with Crippen LogP contribution in [-0.2, 0) is 26.1 Å². The smallest absolute Gasteiger partial charge is 0.410 e. The highest BCUT2D eigenvalue weighted by molar-refractivity contribution is 7.96. The number of carbonyl (C=O) groups is 1. The summed E-state index contributed by atoms with van der Waals surface area (Å²) in [7, 11) is -2.47. The van der Waals surface area contributed by atoms with Crippen molar-refractivity contribution in [3.8, 4) is 0 Å². The molecule has 2 heterocycles. The summed E-state index contributed by atoms with van der Waals surface area (Å²) in [5.74, 6) is -0.250. The third-order valence-electron chi connectivity index (χ3n) is 5.99. The first-order valence-electron chi connectivity index (χ1n) is 10.3. The fraction of sp³-hybridized carbons (Fsp3) is 0.348. The van der Waals surface area contributed by atoms with Crippen LogP contribution in [0.3, 0.4) is 0 Å². The summed E-state index contributed by atoms with van der Waals surface area (Å²) in [4.78, 5) is 14.3. The molecular formula is C23H25FN2O5S. The van der Waals surface area contributed by atoms with Gasteiger partial charge in [0.2, 0.25) is 0 Å². The van der Waals surface area contributed by atoms with Gasteiger partial charge in [-0.3, -0.25) is 4.31 Å². The van der Waals surface area contributed by atoms with Gasteiger partial charge in [0.05, 0.1) is 18.2 Å². The molecule has 2 aromatic carbocycles. The zero-order chi connectivity index (χ0) is 22.9. The minimum atomic E-state index is -3.89. The maximum absolute atomic E-state index is 13.9. The molecule has 0 aromatic heterocycles. The second-order valence-corrected chi connectivity index (χ2v) is 9.67. The molecule has 0 radical (unpaired) electrons. The predicted molar refractivity (Wildman–Crippen MR) is 118 cm³/mol. The number of sulfonamides is 1. The van der Waals surface area contributed by atoms with Crippen molar-refractivity contribution in [1.29, 1.82) is 0 Å². The molecule has 0 unspecified atom stereocenters. The quantitative estimate of drug-likeness (QED) is 0.689. The zero-order valence-corrected chi connectivity index (χ0v) is 18.7. The van der Waals surface area contributed by atoms with Crippen molar-refractivity contribution in [1.82, 2.24) is 4.90 Å². The van der Waals surface area contributed by atoms with Gasteiger partial charge in [-0.25, -0.2) is 17.6 Å². The van der Waals surface area contributed by atoms with E-state index in [1.165, 1.54) is 29.6 Å². The first kappa shape index (κ1) is 22.1. The number of hydrogen-bond donors (Lipinski definition) is 0. The van der Waals surface area contributed by atoms with Crippen molar-refractivity contribution in [2.24, 2.45) is 0 Å². The van der Waals surface area contributed by atoms with Crippen LogP contribution in [0.2, 0.25) is 0 Å². The minimum Gasteiger partial charge on any atom is -0.498 e. The number of benzene rings is 2. The SMILES string of the molecule is COC1=CS(=O)(=O)N(c2cccc(F)c2)[C@@]12CCN(C(=O)OCc1ccccc1)[C@@H](C)C2. The lowest BCUT2D eigenvalue weighted by Crippen LogP contribution is -2.59. The highest BCUT2D eigenvalue weighted by Crippen LogP contribution is 2.47. The molecular weight excluding hydrogens is 435 g/mol. The Labute approximate surface area is 187 Å². The first-order valence-corrected chi connectivity index (χ1v) is 11.8. The average Bonchev–Trinajstić information content (AvgIpc) is 2.98. The molecule has 170 valence electrons. The summed E-state index contributed by atoms with van der Waals surface area (Å²) in [5.41, 5.74) is 0.0585. The van der Waals surface area contributed by atoms with Gasteiger partial charge in [0.15, 0.2) is 0 Å². The number of likely N-dealkylation sites (tertiary alicyclic amines) is 1. The van der Waals surface area contributed by atoms with Crippen LogP contribution in [0.1, 0.15) is 25.3 Å². The molecule has 1 fully saturated rings. The van der Waals surface area contributed by atoms with Crippen LogP contribution in [0.25, 0.3) is 0 Å². The van der Waals surface area contributed by atoms with Crippen molar-refractivity contribution < 1.29 is 27.1 Å². The molecule has 2 atom stereocenters. The summed E-state index contributed by atoms with van der Waals surface area (Å²) >= 11 is 0. The van der Waals surface area contributed by atoms with Crippen LogP contribution in [0.4, 0.5) is 14.9 Å². The summed E-state index contributed by atoms with van der Waals surface area (Å²) in [6, 6.07) is 14.5.